The number of aliphatic hydroxyl groups excluding tert-OH is 1. The van der Waals surface area contributed by atoms with Gasteiger partial charge in [0.1, 0.15) is 11.7 Å². The molecule has 0 aliphatic heterocycles. The smallest absolute Gasteiger partial charge is 0.115 e. The van der Waals surface area contributed by atoms with Crippen molar-refractivity contribution in [3.63, 3.8) is 0 Å². The molecule has 1 rings (SSSR count). The first kappa shape index (κ1) is 8.71. The van der Waals surface area contributed by atoms with Gasteiger partial charge in [-0.3, -0.25) is 0 Å². The summed E-state index contributed by atoms with van der Waals surface area (Å²) in [6, 6.07) is 0. The molecule has 0 aromatic carbocycles. The van der Waals surface area contributed by atoms with Gasteiger partial charge in [0.25, 0.3) is 0 Å². The summed E-state index contributed by atoms with van der Waals surface area (Å²) in [7, 11) is 0. The van der Waals surface area contributed by atoms with Gasteiger partial charge in [0.2, 0.25) is 0 Å². The van der Waals surface area contributed by atoms with E-state index in [1.807, 2.05) is 0 Å². The molecule has 0 saturated heterocycles. The van der Waals surface area contributed by atoms with E-state index in [9.17, 15) is 15.3 Å². The lowest BCUT2D eigenvalue weighted by molar-refractivity contribution is -0.144. The van der Waals surface area contributed by atoms with E-state index in [0.717, 1.165) is 0 Å². The van der Waals surface area contributed by atoms with Gasteiger partial charge >= 0.3 is 0 Å². The molecule has 3 nitrogen and oxygen atoms in total. The molecular weight excluding hydrogens is 144 g/mol. The molecule has 3 unspecified atom stereocenters. The van der Waals surface area contributed by atoms with Gasteiger partial charge in [-0.15, -0.1) is 0 Å². The Morgan fingerprint density at radius 3 is 2.27 bits per heavy atom. The third kappa shape index (κ3) is 1.45. The number of hydrogen-bond donors (Lipinski definition) is 3. The average molecular weight is 158 g/mol. The van der Waals surface area contributed by atoms with E-state index in [-0.39, 0.29) is 0 Å². The summed E-state index contributed by atoms with van der Waals surface area (Å²) in [5.74, 6) is 0. The Hall–Kier alpha value is -0.380. The fourth-order valence-corrected chi connectivity index (χ4v) is 1.37. The highest BCUT2D eigenvalue weighted by Crippen LogP contribution is 2.30. The lowest BCUT2D eigenvalue weighted by atomic mass is 9.79. The maximum Gasteiger partial charge on any atom is 0.115 e. The van der Waals surface area contributed by atoms with Crippen LogP contribution in [0.3, 0.4) is 0 Å². The van der Waals surface area contributed by atoms with Crippen LogP contribution in [0.2, 0.25) is 0 Å². The maximum atomic E-state index is 9.52. The van der Waals surface area contributed by atoms with Crippen molar-refractivity contribution < 1.29 is 15.3 Å². The van der Waals surface area contributed by atoms with Crippen molar-refractivity contribution in [1.29, 1.82) is 0 Å². The Morgan fingerprint density at radius 2 is 1.91 bits per heavy atom. The van der Waals surface area contributed by atoms with Crippen LogP contribution in [-0.2, 0) is 0 Å². The van der Waals surface area contributed by atoms with Crippen LogP contribution < -0.4 is 0 Å². The van der Waals surface area contributed by atoms with E-state index < -0.39 is 17.3 Å². The van der Waals surface area contributed by atoms with Gasteiger partial charge in [-0.1, -0.05) is 12.2 Å². The second kappa shape index (κ2) is 2.30. The zero-order valence-corrected chi connectivity index (χ0v) is 6.78. The second-order valence-corrected chi connectivity index (χ2v) is 3.59. The van der Waals surface area contributed by atoms with E-state index in [1.54, 1.807) is 6.08 Å². The summed E-state index contributed by atoms with van der Waals surface area (Å²) < 4.78 is 0. The summed E-state index contributed by atoms with van der Waals surface area (Å²) in [5, 5.41) is 28.4. The average Bonchev–Trinajstić information content (AvgIpc) is 1.82. The monoisotopic (exact) mass is 158 g/mol. The zero-order chi connectivity index (χ0) is 8.70. The minimum Gasteiger partial charge on any atom is -0.387 e. The first-order valence-electron chi connectivity index (χ1n) is 3.67. The van der Waals surface area contributed by atoms with Crippen molar-refractivity contribution in [1.82, 2.24) is 0 Å². The number of aliphatic hydroxyl groups is 3. The fraction of sp³-hybridized carbons (Fsp3) is 0.750. The molecule has 3 atom stereocenters. The Bertz CT molecular complexity index is 182. The van der Waals surface area contributed by atoms with Crippen molar-refractivity contribution in [2.24, 2.45) is 0 Å². The van der Waals surface area contributed by atoms with Gasteiger partial charge in [0, 0.05) is 0 Å². The van der Waals surface area contributed by atoms with E-state index >= 15 is 0 Å². The molecule has 3 N–H and O–H groups in total. The maximum absolute atomic E-state index is 9.52. The second-order valence-electron chi connectivity index (χ2n) is 3.59. The van der Waals surface area contributed by atoms with Crippen LogP contribution in [0.25, 0.3) is 0 Å². The van der Waals surface area contributed by atoms with Crippen molar-refractivity contribution in [2.45, 2.75) is 37.6 Å². The van der Waals surface area contributed by atoms with Crippen LogP contribution in [0.4, 0.5) is 0 Å². The van der Waals surface area contributed by atoms with Crippen molar-refractivity contribution in [3.05, 3.63) is 12.2 Å². The lowest BCUT2D eigenvalue weighted by Gasteiger charge is -2.39. The summed E-state index contributed by atoms with van der Waals surface area (Å²) in [6.45, 7) is 2.98. The van der Waals surface area contributed by atoms with Crippen LogP contribution in [0, 0.1) is 0 Å². The lowest BCUT2D eigenvalue weighted by Crippen LogP contribution is -2.54. The van der Waals surface area contributed by atoms with Crippen molar-refractivity contribution >= 4 is 0 Å². The van der Waals surface area contributed by atoms with E-state index in [4.69, 9.17) is 0 Å². The first-order valence-corrected chi connectivity index (χ1v) is 3.67. The molecular formula is C8H14O3. The Morgan fingerprint density at radius 1 is 1.36 bits per heavy atom. The molecule has 3 heteroatoms. The predicted molar refractivity (Wildman–Crippen MR) is 41.0 cm³/mol. The summed E-state index contributed by atoms with van der Waals surface area (Å²) >= 11 is 0. The van der Waals surface area contributed by atoms with Crippen LogP contribution in [0.5, 0.6) is 0 Å². The molecule has 1 aliphatic rings. The van der Waals surface area contributed by atoms with E-state index in [2.05, 4.69) is 0 Å². The first-order chi connectivity index (χ1) is 4.86. The largest absolute Gasteiger partial charge is 0.387 e. The molecule has 0 heterocycles. The minimum atomic E-state index is -1.30. The highest BCUT2D eigenvalue weighted by atomic mass is 16.4. The van der Waals surface area contributed by atoms with Crippen molar-refractivity contribution in [2.75, 3.05) is 0 Å². The molecule has 64 valence electrons. The number of hydrogen-bond acceptors (Lipinski definition) is 3. The Balaban J connectivity index is 2.91. The summed E-state index contributed by atoms with van der Waals surface area (Å²) in [6.07, 6.45) is 2.45. The summed E-state index contributed by atoms with van der Waals surface area (Å²) in [5.41, 5.74) is -2.51. The Kier molecular flexibility index (Phi) is 1.82. The molecule has 11 heavy (non-hydrogen) atoms. The van der Waals surface area contributed by atoms with Gasteiger partial charge in [-0.2, -0.15) is 0 Å². The van der Waals surface area contributed by atoms with Gasteiger partial charge in [-0.25, -0.2) is 0 Å². The highest BCUT2D eigenvalue weighted by molar-refractivity contribution is 5.14. The quantitative estimate of drug-likeness (QED) is 0.428. The van der Waals surface area contributed by atoms with E-state index in [1.165, 1.54) is 19.9 Å². The molecule has 0 saturated carbocycles. The van der Waals surface area contributed by atoms with Crippen LogP contribution in [-0.4, -0.2) is 32.6 Å². The fourth-order valence-electron chi connectivity index (χ4n) is 1.37. The molecule has 0 fully saturated rings. The third-order valence-corrected chi connectivity index (χ3v) is 2.13. The SMILES string of the molecule is CC1(O)C=CCC(C)(O)C1O. The minimum absolute atomic E-state index is 0.379. The van der Waals surface area contributed by atoms with Gasteiger partial charge < -0.3 is 15.3 Å². The Labute approximate surface area is 66.0 Å². The van der Waals surface area contributed by atoms with Crippen LogP contribution in [0.1, 0.15) is 20.3 Å². The molecule has 0 aromatic rings. The zero-order valence-electron chi connectivity index (χ0n) is 6.78. The van der Waals surface area contributed by atoms with Gasteiger partial charge in [0.15, 0.2) is 0 Å². The summed E-state index contributed by atoms with van der Waals surface area (Å²) in [4.78, 5) is 0. The van der Waals surface area contributed by atoms with Crippen LogP contribution in [0.15, 0.2) is 12.2 Å². The number of rotatable bonds is 0. The van der Waals surface area contributed by atoms with Gasteiger partial charge in [-0.05, 0) is 20.3 Å². The standard InChI is InChI=1S/C8H14O3/c1-7(10)4-3-5-8(2,11)6(7)9/h3-4,6,9-11H,5H2,1-2H3. The van der Waals surface area contributed by atoms with Crippen molar-refractivity contribution in [3.8, 4) is 0 Å². The topological polar surface area (TPSA) is 60.7 Å². The normalized spacial score (nSPS) is 51.2. The molecule has 1 aliphatic carbocycles. The van der Waals surface area contributed by atoms with Crippen LogP contribution >= 0.6 is 0 Å². The highest BCUT2D eigenvalue weighted by Gasteiger charge is 2.43. The molecule has 0 spiro atoms. The predicted octanol–water partition coefficient (Wildman–Crippen LogP) is -0.191. The molecule has 0 amide bonds. The molecule has 0 bridgehead atoms. The van der Waals surface area contributed by atoms with Gasteiger partial charge in [0.05, 0.1) is 5.60 Å². The molecule has 0 radical (unpaired) electrons. The molecule has 0 aromatic heterocycles. The van der Waals surface area contributed by atoms with E-state index in [0.29, 0.717) is 6.42 Å². The third-order valence-electron chi connectivity index (χ3n) is 2.13.